The molecule has 9 heteroatoms. The van der Waals surface area contributed by atoms with Gasteiger partial charge in [-0.3, -0.25) is 19.5 Å². The molecule has 1 aliphatic rings. The molecule has 0 aliphatic carbocycles. The number of nitro groups is 1. The Hall–Kier alpha value is -3.13. The number of hydrogen-bond acceptors (Lipinski definition) is 5. The molecule has 0 spiro atoms. The van der Waals surface area contributed by atoms with Gasteiger partial charge in [-0.25, -0.2) is 4.79 Å². The van der Waals surface area contributed by atoms with Crippen LogP contribution < -0.4 is 10.6 Å². The molecule has 1 heterocycles. The first-order valence-corrected chi connectivity index (χ1v) is 7.77. The van der Waals surface area contributed by atoms with Crippen molar-refractivity contribution in [3.05, 3.63) is 64.2 Å². The minimum Gasteiger partial charge on any atom is -0.308 e. The Labute approximate surface area is 148 Å². The zero-order valence-corrected chi connectivity index (χ0v) is 13.7. The minimum absolute atomic E-state index is 0.0961. The average molecular weight is 360 g/mol. The molecule has 1 aliphatic heterocycles. The van der Waals surface area contributed by atoms with Gasteiger partial charge in [-0.15, -0.1) is 0 Å². The minimum atomic E-state index is -0.521. The predicted octanol–water partition coefficient (Wildman–Crippen LogP) is 3.45. The van der Waals surface area contributed by atoms with Crippen molar-refractivity contribution in [1.82, 2.24) is 4.42 Å². The van der Waals surface area contributed by atoms with Gasteiger partial charge in [-0.1, -0.05) is 18.2 Å². The molecular formula is C16H14ClN5O3. The zero-order valence-electron chi connectivity index (χ0n) is 13.0. The maximum atomic E-state index is 12.1. The molecule has 0 saturated carbocycles. The van der Waals surface area contributed by atoms with Crippen molar-refractivity contribution in [2.45, 2.75) is 0 Å². The molecular weight excluding hydrogens is 346 g/mol. The van der Waals surface area contributed by atoms with Crippen molar-refractivity contribution in [2.75, 3.05) is 23.7 Å². The maximum Gasteiger partial charge on any atom is 0.323 e. The highest BCUT2D eigenvalue weighted by molar-refractivity contribution is 6.26. The van der Waals surface area contributed by atoms with Crippen LogP contribution in [0.4, 0.5) is 21.9 Å². The molecule has 0 saturated heterocycles. The lowest BCUT2D eigenvalue weighted by molar-refractivity contribution is -0.384. The number of carbonyl (C=O) groups is 1. The molecule has 128 valence electrons. The van der Waals surface area contributed by atoms with Gasteiger partial charge >= 0.3 is 6.03 Å². The molecule has 2 aromatic carbocycles. The van der Waals surface area contributed by atoms with E-state index in [2.05, 4.69) is 15.6 Å². The fourth-order valence-corrected chi connectivity index (χ4v) is 2.61. The number of amidine groups is 1. The SMILES string of the molecule is O=C(Nc1cccc(C2=NCCN2Cl)c1)Nc1cccc([N+](=O)[O-])c1. The van der Waals surface area contributed by atoms with E-state index >= 15 is 0 Å². The number of urea groups is 1. The second-order valence-corrected chi connectivity index (χ2v) is 5.67. The van der Waals surface area contributed by atoms with Crippen LogP contribution in [0.1, 0.15) is 5.56 Å². The molecule has 0 aromatic heterocycles. The molecule has 0 radical (unpaired) electrons. The topological polar surface area (TPSA) is 99.9 Å². The number of halogens is 1. The Morgan fingerprint density at radius 2 is 1.84 bits per heavy atom. The highest BCUT2D eigenvalue weighted by Crippen LogP contribution is 2.19. The molecule has 0 atom stereocenters. The van der Waals surface area contributed by atoms with Crippen molar-refractivity contribution >= 4 is 40.7 Å². The fourth-order valence-electron chi connectivity index (χ4n) is 2.38. The summed E-state index contributed by atoms with van der Waals surface area (Å²) in [5.74, 6) is 0.657. The average Bonchev–Trinajstić information content (AvgIpc) is 3.01. The molecule has 0 bridgehead atoms. The van der Waals surface area contributed by atoms with Gasteiger partial charge in [0.05, 0.1) is 18.0 Å². The molecule has 0 fully saturated rings. The van der Waals surface area contributed by atoms with Crippen molar-refractivity contribution < 1.29 is 9.72 Å². The Morgan fingerprint density at radius 1 is 1.16 bits per heavy atom. The van der Waals surface area contributed by atoms with Crippen LogP contribution in [0, 0.1) is 10.1 Å². The van der Waals surface area contributed by atoms with Gasteiger partial charge in [-0.2, -0.15) is 0 Å². The number of carbonyl (C=O) groups excluding carboxylic acids is 1. The highest BCUT2D eigenvalue weighted by atomic mass is 35.5. The number of aliphatic imine (C=N–C) groups is 1. The van der Waals surface area contributed by atoms with Crippen molar-refractivity contribution in [3.63, 3.8) is 0 Å². The van der Waals surface area contributed by atoms with Crippen molar-refractivity contribution in [2.24, 2.45) is 4.99 Å². The first-order valence-electron chi connectivity index (χ1n) is 7.43. The lowest BCUT2D eigenvalue weighted by Crippen LogP contribution is -2.21. The van der Waals surface area contributed by atoms with Crippen molar-refractivity contribution in [3.8, 4) is 0 Å². The van der Waals surface area contributed by atoms with Crippen LogP contribution in [0.5, 0.6) is 0 Å². The van der Waals surface area contributed by atoms with Gasteiger partial charge in [0, 0.05) is 40.8 Å². The van der Waals surface area contributed by atoms with Gasteiger partial charge in [0.2, 0.25) is 0 Å². The molecule has 3 rings (SSSR count). The first-order chi connectivity index (χ1) is 12.0. The van der Waals surface area contributed by atoms with Gasteiger partial charge in [-0.05, 0) is 18.2 Å². The fraction of sp³-hybridized carbons (Fsp3) is 0.125. The van der Waals surface area contributed by atoms with Crippen LogP contribution in [0.3, 0.4) is 0 Å². The zero-order chi connectivity index (χ0) is 17.8. The monoisotopic (exact) mass is 359 g/mol. The second-order valence-electron chi connectivity index (χ2n) is 5.26. The van der Waals surface area contributed by atoms with Gasteiger partial charge < -0.3 is 10.6 Å². The molecule has 2 amide bonds. The normalized spacial score (nSPS) is 13.3. The summed E-state index contributed by atoms with van der Waals surface area (Å²) in [7, 11) is 0. The largest absolute Gasteiger partial charge is 0.323 e. The van der Waals surface area contributed by atoms with E-state index in [1.54, 1.807) is 24.3 Å². The third-order valence-corrected chi connectivity index (χ3v) is 3.81. The number of rotatable bonds is 4. The van der Waals surface area contributed by atoms with E-state index in [1.165, 1.54) is 22.6 Å². The molecule has 25 heavy (non-hydrogen) atoms. The second kappa shape index (κ2) is 7.18. The van der Waals surface area contributed by atoms with Crippen molar-refractivity contribution in [1.29, 1.82) is 0 Å². The first kappa shape index (κ1) is 16.7. The lowest BCUT2D eigenvalue weighted by Gasteiger charge is -2.12. The molecule has 2 aromatic rings. The van der Waals surface area contributed by atoms with E-state index in [0.717, 1.165) is 5.56 Å². The third kappa shape index (κ3) is 4.04. The summed E-state index contributed by atoms with van der Waals surface area (Å²) in [4.78, 5) is 26.7. The van der Waals surface area contributed by atoms with Crippen LogP contribution in [0.15, 0.2) is 53.5 Å². The standard InChI is InChI=1S/C16H14ClN5O3/c17-21-8-7-18-15(21)11-3-1-4-12(9-11)19-16(23)20-13-5-2-6-14(10-13)22(24)25/h1-6,9-10H,7-8H2,(H2,19,20,23). The smallest absolute Gasteiger partial charge is 0.308 e. The van der Waals surface area contributed by atoms with E-state index in [9.17, 15) is 14.9 Å². The van der Waals surface area contributed by atoms with Crippen LogP contribution in [-0.2, 0) is 0 Å². The van der Waals surface area contributed by atoms with Crippen LogP contribution in [0.2, 0.25) is 0 Å². The third-order valence-electron chi connectivity index (χ3n) is 3.48. The predicted molar refractivity (Wildman–Crippen MR) is 96.1 cm³/mol. The van der Waals surface area contributed by atoms with Crippen LogP contribution in [0.25, 0.3) is 0 Å². The Bertz CT molecular complexity index is 855. The summed E-state index contributed by atoms with van der Waals surface area (Å²) in [5, 5.41) is 16.0. The molecule has 0 unspecified atom stereocenters. The van der Waals surface area contributed by atoms with Crippen LogP contribution >= 0.6 is 11.8 Å². The summed E-state index contributed by atoms with van der Waals surface area (Å²) in [6.45, 7) is 1.27. The summed E-state index contributed by atoms with van der Waals surface area (Å²) in [6.07, 6.45) is 0. The summed E-state index contributed by atoms with van der Waals surface area (Å²) in [5.41, 5.74) is 1.58. The summed E-state index contributed by atoms with van der Waals surface area (Å²) >= 11 is 6.07. The number of nitrogens with zero attached hydrogens (tertiary/aromatic N) is 3. The van der Waals surface area contributed by atoms with E-state index in [1.807, 2.05) is 6.07 Å². The highest BCUT2D eigenvalue weighted by Gasteiger charge is 2.17. The number of amides is 2. The Kier molecular flexibility index (Phi) is 4.80. The molecule has 8 nitrogen and oxygen atoms in total. The summed E-state index contributed by atoms with van der Waals surface area (Å²) < 4.78 is 1.53. The molecule has 2 N–H and O–H groups in total. The van der Waals surface area contributed by atoms with Gasteiger partial charge in [0.15, 0.2) is 0 Å². The van der Waals surface area contributed by atoms with Crippen LogP contribution in [-0.4, -0.2) is 34.3 Å². The van der Waals surface area contributed by atoms with Gasteiger partial charge in [0.25, 0.3) is 5.69 Å². The van der Waals surface area contributed by atoms with E-state index in [0.29, 0.717) is 30.3 Å². The Morgan fingerprint density at radius 3 is 2.48 bits per heavy atom. The number of hydrogen-bond donors (Lipinski definition) is 2. The van der Waals surface area contributed by atoms with E-state index in [4.69, 9.17) is 11.8 Å². The van der Waals surface area contributed by atoms with E-state index in [-0.39, 0.29) is 5.69 Å². The Balaban J connectivity index is 1.69. The quantitative estimate of drug-likeness (QED) is 0.496. The number of benzene rings is 2. The summed E-state index contributed by atoms with van der Waals surface area (Å²) in [6, 6.07) is 12.3. The number of non-ortho nitro benzene ring substituents is 1. The lowest BCUT2D eigenvalue weighted by atomic mass is 10.2. The maximum absolute atomic E-state index is 12.1. The number of anilines is 2. The number of nitrogens with one attached hydrogen (secondary N) is 2. The van der Waals surface area contributed by atoms with E-state index < -0.39 is 11.0 Å². The van der Waals surface area contributed by atoms with Gasteiger partial charge in [0.1, 0.15) is 5.84 Å². The number of nitro benzene ring substituents is 1.